The lowest BCUT2D eigenvalue weighted by molar-refractivity contribution is 0.102. The van der Waals surface area contributed by atoms with E-state index in [-0.39, 0.29) is 31.6 Å². The maximum absolute atomic E-state index is 13.4. The van der Waals surface area contributed by atoms with Crippen molar-refractivity contribution < 1.29 is 19.2 Å². The Balaban J connectivity index is 1.11. The summed E-state index contributed by atoms with van der Waals surface area (Å²) in [4.78, 5) is 64.1. The normalized spacial score (nSPS) is 10.8. The van der Waals surface area contributed by atoms with Crippen molar-refractivity contribution in [1.29, 1.82) is 0 Å². The molecular formula is C38H24N4O4S3. The van der Waals surface area contributed by atoms with Gasteiger partial charge in [-0.3, -0.25) is 29.8 Å². The molecule has 0 aliphatic heterocycles. The average Bonchev–Trinajstić information content (AvgIpc) is 3.92. The van der Waals surface area contributed by atoms with E-state index in [1.807, 2.05) is 72.8 Å². The Bertz CT molecular complexity index is 2140. The van der Waals surface area contributed by atoms with E-state index in [2.05, 4.69) is 20.6 Å². The summed E-state index contributed by atoms with van der Waals surface area (Å²) in [6, 6.07) is 39.6. The number of carbonyl (C=O) groups is 4. The highest BCUT2D eigenvalue weighted by Gasteiger charge is 2.24. The molecule has 2 amide bonds. The van der Waals surface area contributed by atoms with Crippen LogP contribution in [0, 0.1) is 0 Å². The van der Waals surface area contributed by atoms with Gasteiger partial charge in [-0.1, -0.05) is 144 Å². The number of nitrogens with zero attached hydrogens (tertiary/aromatic N) is 2. The monoisotopic (exact) mass is 696 g/mol. The van der Waals surface area contributed by atoms with Crippen LogP contribution in [0.4, 0.5) is 10.3 Å². The number of anilines is 2. The molecule has 49 heavy (non-hydrogen) atoms. The number of thiophene rings is 1. The van der Waals surface area contributed by atoms with Gasteiger partial charge in [0.1, 0.15) is 9.75 Å². The lowest BCUT2D eigenvalue weighted by Gasteiger charge is -2.02. The van der Waals surface area contributed by atoms with Crippen molar-refractivity contribution in [1.82, 2.24) is 9.97 Å². The highest BCUT2D eigenvalue weighted by molar-refractivity contribution is 7.19. The topological polar surface area (TPSA) is 118 Å². The molecule has 7 aromatic rings. The van der Waals surface area contributed by atoms with Gasteiger partial charge >= 0.3 is 0 Å². The second-order valence-electron chi connectivity index (χ2n) is 10.6. The molecule has 238 valence electrons. The number of ketones is 2. The van der Waals surface area contributed by atoms with Crippen molar-refractivity contribution in [2.45, 2.75) is 0 Å². The molecule has 0 saturated carbocycles. The average molecular weight is 697 g/mol. The van der Waals surface area contributed by atoms with Crippen molar-refractivity contribution in [2.75, 3.05) is 10.6 Å². The van der Waals surface area contributed by atoms with E-state index in [4.69, 9.17) is 0 Å². The highest BCUT2D eigenvalue weighted by atomic mass is 32.1. The molecule has 0 unspecified atom stereocenters. The van der Waals surface area contributed by atoms with Gasteiger partial charge in [0.05, 0.1) is 21.1 Å². The third kappa shape index (κ3) is 6.90. The maximum atomic E-state index is 13.4. The van der Waals surface area contributed by atoms with Crippen molar-refractivity contribution in [3.63, 3.8) is 0 Å². The molecule has 8 nitrogen and oxygen atoms in total. The van der Waals surface area contributed by atoms with Crippen LogP contribution in [0.2, 0.25) is 0 Å². The number of aromatic nitrogens is 2. The molecule has 3 heterocycles. The van der Waals surface area contributed by atoms with E-state index < -0.39 is 11.8 Å². The quantitative estimate of drug-likeness (QED) is 0.138. The molecular weight excluding hydrogens is 673 g/mol. The van der Waals surface area contributed by atoms with Crippen molar-refractivity contribution in [2.24, 2.45) is 0 Å². The van der Waals surface area contributed by atoms with Crippen LogP contribution >= 0.6 is 34.0 Å². The summed E-state index contributed by atoms with van der Waals surface area (Å²) in [5.74, 6) is -1.32. The van der Waals surface area contributed by atoms with E-state index in [0.717, 1.165) is 45.1 Å². The minimum Gasteiger partial charge on any atom is -0.297 e. The number of amides is 2. The Kier molecular flexibility index (Phi) is 9.11. The zero-order valence-electron chi connectivity index (χ0n) is 25.5. The molecule has 0 fully saturated rings. The summed E-state index contributed by atoms with van der Waals surface area (Å²) in [5, 5.41) is 6.12. The van der Waals surface area contributed by atoms with Crippen LogP contribution in [0.15, 0.2) is 133 Å². The van der Waals surface area contributed by atoms with E-state index in [9.17, 15) is 19.2 Å². The first kappa shape index (κ1) is 31.7. The van der Waals surface area contributed by atoms with Gasteiger partial charge in [-0.15, -0.1) is 11.3 Å². The van der Waals surface area contributed by atoms with E-state index in [0.29, 0.717) is 32.3 Å². The minimum absolute atomic E-state index is 0.196. The summed E-state index contributed by atoms with van der Waals surface area (Å²) in [7, 11) is 0. The molecule has 0 aliphatic carbocycles. The molecule has 0 aliphatic rings. The van der Waals surface area contributed by atoms with Crippen LogP contribution in [0.25, 0.3) is 22.5 Å². The number of thiazole rings is 2. The minimum atomic E-state index is -0.465. The zero-order chi connectivity index (χ0) is 33.7. The first-order valence-electron chi connectivity index (χ1n) is 15.0. The van der Waals surface area contributed by atoms with E-state index in [1.165, 1.54) is 0 Å². The van der Waals surface area contributed by atoms with Gasteiger partial charge in [-0.05, 0) is 12.1 Å². The number of hydrogen-bond donors (Lipinski definition) is 2. The SMILES string of the molecule is O=C(Nc1nc(-c2ccccc2)c(C(=O)c2ccccc2)s1)c1ccc(C(=O)Nc2nc(-c3ccccc3)c(C(=O)c3ccccc3)s2)s1. The van der Waals surface area contributed by atoms with Crippen molar-refractivity contribution >= 4 is 67.7 Å². The van der Waals surface area contributed by atoms with Gasteiger partial charge in [0.25, 0.3) is 11.8 Å². The highest BCUT2D eigenvalue weighted by Crippen LogP contribution is 2.35. The summed E-state index contributed by atoms with van der Waals surface area (Å²) in [5.41, 5.74) is 3.49. The molecule has 0 saturated heterocycles. The third-order valence-corrected chi connectivity index (χ3v) is 10.3. The Morgan fingerprint density at radius 1 is 0.429 bits per heavy atom. The predicted molar refractivity (Wildman–Crippen MR) is 195 cm³/mol. The zero-order valence-corrected chi connectivity index (χ0v) is 27.9. The molecule has 0 radical (unpaired) electrons. The largest absolute Gasteiger partial charge is 0.297 e. The van der Waals surface area contributed by atoms with Crippen LogP contribution in [-0.4, -0.2) is 33.3 Å². The Labute approximate surface area is 292 Å². The molecule has 7 rings (SSSR count). The van der Waals surface area contributed by atoms with E-state index in [1.54, 1.807) is 60.7 Å². The lowest BCUT2D eigenvalue weighted by atomic mass is 10.1. The first-order valence-corrected chi connectivity index (χ1v) is 17.4. The third-order valence-electron chi connectivity index (χ3n) is 7.33. The summed E-state index contributed by atoms with van der Waals surface area (Å²) < 4.78 is 0. The number of nitrogens with one attached hydrogen (secondary N) is 2. The first-order chi connectivity index (χ1) is 23.9. The molecule has 0 spiro atoms. The standard InChI is InChI=1S/C38H24N4O4S3/c43-31(25-17-9-3-10-18-25)33-29(23-13-5-1-6-14-23)39-37(48-33)41-35(45)27-21-22-28(47-27)36(46)42-38-40-30(24-15-7-2-8-16-24)34(49-38)32(44)26-19-11-4-12-20-26/h1-22H,(H,39,41,45)(H,40,42,46). The van der Waals surface area contributed by atoms with Crippen molar-refractivity contribution in [3.8, 4) is 22.5 Å². The molecule has 4 aromatic carbocycles. The summed E-state index contributed by atoms with van der Waals surface area (Å²) in [6.45, 7) is 0. The smallest absolute Gasteiger partial charge is 0.267 e. The van der Waals surface area contributed by atoms with Gasteiger partial charge in [0.2, 0.25) is 11.6 Å². The molecule has 0 atom stereocenters. The summed E-state index contributed by atoms with van der Waals surface area (Å²) in [6.07, 6.45) is 0. The second kappa shape index (κ2) is 14.1. The Morgan fingerprint density at radius 2 is 0.776 bits per heavy atom. The fraction of sp³-hybridized carbons (Fsp3) is 0. The van der Waals surface area contributed by atoms with Crippen LogP contribution in [-0.2, 0) is 0 Å². The summed E-state index contributed by atoms with van der Waals surface area (Å²) >= 11 is 3.20. The van der Waals surface area contributed by atoms with Gasteiger partial charge in [-0.2, -0.15) is 0 Å². The number of benzene rings is 4. The number of hydrogen-bond acceptors (Lipinski definition) is 9. The van der Waals surface area contributed by atoms with Gasteiger partial charge in [-0.25, -0.2) is 9.97 Å². The predicted octanol–water partition coefficient (Wildman–Crippen LogP) is 8.96. The Morgan fingerprint density at radius 3 is 1.14 bits per heavy atom. The fourth-order valence-corrected chi connectivity index (χ4v) is 7.66. The van der Waals surface area contributed by atoms with Gasteiger partial charge in [0, 0.05) is 22.3 Å². The van der Waals surface area contributed by atoms with Crippen LogP contribution in [0.5, 0.6) is 0 Å². The number of carbonyl (C=O) groups excluding carboxylic acids is 4. The lowest BCUT2D eigenvalue weighted by Crippen LogP contribution is -2.11. The van der Waals surface area contributed by atoms with E-state index >= 15 is 0 Å². The van der Waals surface area contributed by atoms with Crippen molar-refractivity contribution in [3.05, 3.63) is 164 Å². The molecule has 3 aromatic heterocycles. The maximum Gasteiger partial charge on any atom is 0.267 e. The van der Waals surface area contributed by atoms with Crippen LogP contribution in [0.3, 0.4) is 0 Å². The van der Waals surface area contributed by atoms with Crippen LogP contribution < -0.4 is 10.6 Å². The molecule has 11 heteroatoms. The molecule has 2 N–H and O–H groups in total. The second-order valence-corrected chi connectivity index (χ2v) is 13.7. The van der Waals surface area contributed by atoms with Gasteiger partial charge in [0.15, 0.2) is 10.3 Å². The molecule has 0 bridgehead atoms. The van der Waals surface area contributed by atoms with Crippen LogP contribution in [0.1, 0.15) is 49.8 Å². The number of rotatable bonds is 10. The van der Waals surface area contributed by atoms with Gasteiger partial charge < -0.3 is 0 Å². The fourth-order valence-electron chi connectivity index (χ4n) is 4.98. The Hall–Kier alpha value is -5.88.